The number of likely N-dealkylation sites (tertiary alicyclic amines) is 1. The minimum absolute atomic E-state index is 0.0145. The number of hydrogen-bond acceptors (Lipinski definition) is 4. The summed E-state index contributed by atoms with van der Waals surface area (Å²) in [6, 6.07) is 8.96. The quantitative estimate of drug-likeness (QED) is 0.810. The second-order valence-corrected chi connectivity index (χ2v) is 4.65. The summed E-state index contributed by atoms with van der Waals surface area (Å²) in [5.41, 5.74) is 6.59. The van der Waals surface area contributed by atoms with E-state index in [1.807, 2.05) is 30.3 Å². The molecule has 5 nitrogen and oxygen atoms in total. The highest BCUT2D eigenvalue weighted by molar-refractivity contribution is 5.86. The zero-order valence-electron chi connectivity index (χ0n) is 10.7. The number of esters is 1. The Balaban J connectivity index is 1.79. The zero-order valence-corrected chi connectivity index (χ0v) is 10.7. The first-order chi connectivity index (χ1) is 9.16. The maximum atomic E-state index is 11.7. The second kappa shape index (κ2) is 6.33. The molecule has 1 fully saturated rings. The van der Waals surface area contributed by atoms with Crippen LogP contribution in [-0.2, 0) is 20.9 Å². The molecule has 1 aromatic rings. The van der Waals surface area contributed by atoms with Crippen molar-refractivity contribution >= 4 is 11.9 Å². The van der Waals surface area contributed by atoms with Crippen LogP contribution in [0.1, 0.15) is 18.4 Å². The van der Waals surface area contributed by atoms with Crippen molar-refractivity contribution in [2.45, 2.75) is 25.5 Å². The van der Waals surface area contributed by atoms with Crippen molar-refractivity contribution in [3.8, 4) is 0 Å². The highest BCUT2D eigenvalue weighted by Crippen LogP contribution is 2.10. The molecule has 0 radical (unpaired) electrons. The predicted octanol–water partition coefficient (Wildman–Crippen LogP) is 0.679. The Morgan fingerprint density at radius 2 is 2.11 bits per heavy atom. The van der Waals surface area contributed by atoms with Crippen LogP contribution in [0.4, 0.5) is 0 Å². The second-order valence-electron chi connectivity index (χ2n) is 4.65. The maximum absolute atomic E-state index is 11.7. The van der Waals surface area contributed by atoms with Crippen LogP contribution in [-0.4, -0.2) is 35.9 Å². The van der Waals surface area contributed by atoms with E-state index in [0.29, 0.717) is 13.0 Å². The molecule has 0 bridgehead atoms. The highest BCUT2D eigenvalue weighted by Gasteiger charge is 2.27. The van der Waals surface area contributed by atoms with E-state index < -0.39 is 12.0 Å². The van der Waals surface area contributed by atoms with Gasteiger partial charge in [0.1, 0.15) is 13.2 Å². The number of carbonyl (C=O) groups is 2. The van der Waals surface area contributed by atoms with Gasteiger partial charge in [0.2, 0.25) is 5.91 Å². The van der Waals surface area contributed by atoms with E-state index in [4.69, 9.17) is 10.5 Å². The van der Waals surface area contributed by atoms with Gasteiger partial charge in [0.25, 0.3) is 0 Å². The summed E-state index contributed by atoms with van der Waals surface area (Å²) in [7, 11) is 0. The molecule has 2 rings (SSSR count). The minimum Gasteiger partial charge on any atom is -0.459 e. The van der Waals surface area contributed by atoms with E-state index in [1.54, 1.807) is 0 Å². The molecule has 0 spiro atoms. The van der Waals surface area contributed by atoms with E-state index in [2.05, 4.69) is 0 Å². The van der Waals surface area contributed by atoms with Crippen molar-refractivity contribution in [1.29, 1.82) is 0 Å². The Morgan fingerprint density at radius 3 is 2.84 bits per heavy atom. The molecule has 2 N–H and O–H groups in total. The van der Waals surface area contributed by atoms with E-state index in [0.717, 1.165) is 12.0 Å². The summed E-state index contributed by atoms with van der Waals surface area (Å²) in [6.07, 6.45) is 1.52. The fraction of sp³-hybridized carbons (Fsp3) is 0.429. The molecule has 0 unspecified atom stereocenters. The largest absolute Gasteiger partial charge is 0.459 e. The van der Waals surface area contributed by atoms with Gasteiger partial charge >= 0.3 is 5.97 Å². The molecule has 1 aromatic carbocycles. The molecule has 0 aromatic heterocycles. The van der Waals surface area contributed by atoms with E-state index in [1.165, 1.54) is 4.90 Å². The zero-order chi connectivity index (χ0) is 13.7. The number of amides is 1. The predicted molar refractivity (Wildman–Crippen MR) is 70.0 cm³/mol. The first kappa shape index (κ1) is 13.5. The average Bonchev–Trinajstić information content (AvgIpc) is 2.43. The van der Waals surface area contributed by atoms with Gasteiger partial charge in [0.15, 0.2) is 0 Å². The first-order valence-electron chi connectivity index (χ1n) is 6.41. The third-order valence-electron chi connectivity index (χ3n) is 3.13. The van der Waals surface area contributed by atoms with E-state index in [-0.39, 0.29) is 19.1 Å². The molecule has 102 valence electrons. The molecule has 1 amide bonds. The lowest BCUT2D eigenvalue weighted by Crippen LogP contribution is -2.50. The standard InChI is InChI=1S/C14H18N2O3/c15-12-7-4-8-16(14(12)18)9-13(17)19-10-11-5-2-1-3-6-11/h1-3,5-6,12H,4,7-10,15H2/t12-/m0/s1. The number of rotatable bonds is 4. The molecule has 1 saturated heterocycles. The number of benzene rings is 1. The fourth-order valence-corrected chi connectivity index (χ4v) is 2.07. The van der Waals surface area contributed by atoms with Crippen molar-refractivity contribution < 1.29 is 14.3 Å². The third-order valence-corrected chi connectivity index (χ3v) is 3.13. The Kier molecular flexibility index (Phi) is 4.52. The van der Waals surface area contributed by atoms with Crippen molar-refractivity contribution in [3.63, 3.8) is 0 Å². The summed E-state index contributed by atoms with van der Waals surface area (Å²) in [6.45, 7) is 0.792. The lowest BCUT2D eigenvalue weighted by molar-refractivity contribution is -0.151. The molecular weight excluding hydrogens is 244 g/mol. The number of nitrogens with two attached hydrogens (primary N) is 1. The van der Waals surface area contributed by atoms with Gasteiger partial charge in [-0.1, -0.05) is 30.3 Å². The Labute approximate surface area is 112 Å². The van der Waals surface area contributed by atoms with Crippen molar-refractivity contribution in [2.75, 3.05) is 13.1 Å². The van der Waals surface area contributed by atoms with E-state index >= 15 is 0 Å². The van der Waals surface area contributed by atoms with Gasteiger partial charge in [-0.2, -0.15) is 0 Å². The molecular formula is C14H18N2O3. The van der Waals surface area contributed by atoms with Gasteiger partial charge < -0.3 is 15.4 Å². The van der Waals surface area contributed by atoms with Gasteiger partial charge in [-0.25, -0.2) is 0 Å². The molecule has 1 aliphatic rings. The Bertz CT molecular complexity index is 447. The summed E-state index contributed by atoms with van der Waals surface area (Å²) < 4.78 is 5.14. The van der Waals surface area contributed by atoms with Gasteiger partial charge in [-0.15, -0.1) is 0 Å². The Morgan fingerprint density at radius 1 is 1.37 bits per heavy atom. The van der Waals surface area contributed by atoms with Crippen LogP contribution in [0.25, 0.3) is 0 Å². The third kappa shape index (κ3) is 3.79. The van der Waals surface area contributed by atoms with Crippen molar-refractivity contribution in [3.05, 3.63) is 35.9 Å². The number of piperidine rings is 1. The van der Waals surface area contributed by atoms with Crippen LogP contribution in [0.15, 0.2) is 30.3 Å². The number of ether oxygens (including phenoxy) is 1. The Hall–Kier alpha value is -1.88. The van der Waals surface area contributed by atoms with Gasteiger partial charge in [-0.05, 0) is 18.4 Å². The lowest BCUT2D eigenvalue weighted by Gasteiger charge is -2.29. The summed E-state index contributed by atoms with van der Waals surface area (Å²) in [5, 5.41) is 0. The van der Waals surface area contributed by atoms with E-state index in [9.17, 15) is 9.59 Å². The molecule has 0 saturated carbocycles. The van der Waals surface area contributed by atoms with Crippen LogP contribution in [0.5, 0.6) is 0 Å². The molecule has 1 atom stereocenters. The van der Waals surface area contributed by atoms with Crippen molar-refractivity contribution in [1.82, 2.24) is 4.90 Å². The average molecular weight is 262 g/mol. The van der Waals surface area contributed by atoms with Crippen LogP contribution < -0.4 is 5.73 Å². The minimum atomic E-state index is -0.476. The summed E-state index contributed by atoms with van der Waals surface area (Å²) >= 11 is 0. The summed E-state index contributed by atoms with van der Waals surface area (Å²) in [5.74, 6) is -0.561. The summed E-state index contributed by atoms with van der Waals surface area (Å²) in [4.78, 5) is 24.9. The van der Waals surface area contributed by atoms with Crippen LogP contribution >= 0.6 is 0 Å². The molecule has 0 aliphatic carbocycles. The smallest absolute Gasteiger partial charge is 0.325 e. The molecule has 19 heavy (non-hydrogen) atoms. The van der Waals surface area contributed by atoms with Crippen LogP contribution in [0.2, 0.25) is 0 Å². The number of hydrogen-bond donors (Lipinski definition) is 1. The van der Waals surface area contributed by atoms with Crippen molar-refractivity contribution in [2.24, 2.45) is 5.73 Å². The lowest BCUT2D eigenvalue weighted by atomic mass is 10.1. The fourth-order valence-electron chi connectivity index (χ4n) is 2.07. The molecule has 1 aliphatic heterocycles. The normalized spacial score (nSPS) is 19.3. The van der Waals surface area contributed by atoms with Gasteiger partial charge in [0, 0.05) is 6.54 Å². The first-order valence-corrected chi connectivity index (χ1v) is 6.41. The molecule has 5 heteroatoms. The van der Waals surface area contributed by atoms with Crippen LogP contribution in [0.3, 0.4) is 0 Å². The highest BCUT2D eigenvalue weighted by atomic mass is 16.5. The SMILES string of the molecule is N[C@H]1CCCN(CC(=O)OCc2ccccc2)C1=O. The van der Waals surface area contributed by atoms with Gasteiger partial charge in [-0.3, -0.25) is 9.59 Å². The number of nitrogens with zero attached hydrogens (tertiary/aromatic N) is 1. The maximum Gasteiger partial charge on any atom is 0.325 e. The number of carbonyl (C=O) groups excluding carboxylic acids is 2. The topological polar surface area (TPSA) is 72.6 Å². The van der Waals surface area contributed by atoms with Crippen LogP contribution in [0, 0.1) is 0 Å². The van der Waals surface area contributed by atoms with Gasteiger partial charge in [0.05, 0.1) is 6.04 Å². The monoisotopic (exact) mass is 262 g/mol. The molecule has 1 heterocycles.